The Labute approximate surface area is 49.4 Å². The molecule has 1 rings (SSSR count). The molecule has 0 aromatic rings. The van der Waals surface area contributed by atoms with Gasteiger partial charge in [-0.05, 0) is 12.0 Å². The van der Waals surface area contributed by atoms with Crippen LogP contribution in [0.1, 0.15) is 12.8 Å². The van der Waals surface area contributed by atoms with E-state index in [-0.39, 0.29) is 0 Å². The molecular formula is C6H11NO. The van der Waals surface area contributed by atoms with Gasteiger partial charge in [0.2, 0.25) is 0 Å². The van der Waals surface area contributed by atoms with Crippen LogP contribution >= 0.6 is 0 Å². The number of hydrogen-bond acceptors (Lipinski definition) is 1. The molecule has 2 heteroatoms. The second-order valence-electron chi connectivity index (χ2n) is 2.32. The summed E-state index contributed by atoms with van der Waals surface area (Å²) < 4.78 is 0. The first-order valence-corrected chi connectivity index (χ1v) is 2.97. The Morgan fingerprint density at radius 2 is 2.38 bits per heavy atom. The molecular weight excluding hydrogens is 102 g/mol. The van der Waals surface area contributed by atoms with Crippen LogP contribution in [0.2, 0.25) is 0 Å². The molecule has 0 aromatic heterocycles. The summed E-state index contributed by atoms with van der Waals surface area (Å²) in [5, 5.41) is 11.0. The van der Waals surface area contributed by atoms with Crippen LogP contribution in [0, 0.1) is 5.21 Å². The van der Waals surface area contributed by atoms with E-state index in [2.05, 4.69) is 6.58 Å². The Hall–Kier alpha value is -0.340. The standard InChI is InChI=1S/C6H11NO/c1-6-3-2-4-7(8)5-6/h7H,1-5H2. The number of nitrogens with one attached hydrogen (secondary N) is 1. The Morgan fingerprint density at radius 1 is 1.62 bits per heavy atom. The fourth-order valence-corrected chi connectivity index (χ4v) is 0.991. The van der Waals surface area contributed by atoms with Crippen molar-refractivity contribution < 1.29 is 5.06 Å². The first-order valence-electron chi connectivity index (χ1n) is 2.97. The Morgan fingerprint density at radius 3 is 2.75 bits per heavy atom. The van der Waals surface area contributed by atoms with Gasteiger partial charge in [0.05, 0.1) is 13.1 Å². The zero-order chi connectivity index (χ0) is 5.98. The van der Waals surface area contributed by atoms with Crippen molar-refractivity contribution in [2.24, 2.45) is 0 Å². The summed E-state index contributed by atoms with van der Waals surface area (Å²) in [6.07, 6.45) is 2.09. The van der Waals surface area contributed by atoms with E-state index in [0.717, 1.165) is 25.0 Å². The van der Waals surface area contributed by atoms with Crippen LogP contribution in [0.5, 0.6) is 0 Å². The van der Waals surface area contributed by atoms with E-state index in [1.54, 1.807) is 0 Å². The van der Waals surface area contributed by atoms with Gasteiger partial charge in [-0.25, -0.2) is 0 Å². The monoisotopic (exact) mass is 113 g/mol. The van der Waals surface area contributed by atoms with Crippen molar-refractivity contribution in [2.75, 3.05) is 13.1 Å². The molecule has 2 nitrogen and oxygen atoms in total. The van der Waals surface area contributed by atoms with E-state index >= 15 is 0 Å². The highest BCUT2D eigenvalue weighted by Crippen LogP contribution is 2.00. The lowest BCUT2D eigenvalue weighted by atomic mass is 10.1. The molecule has 1 N–H and O–H groups in total. The lowest BCUT2D eigenvalue weighted by Crippen LogP contribution is -3.08. The summed E-state index contributed by atoms with van der Waals surface area (Å²) in [5.74, 6) is 0. The van der Waals surface area contributed by atoms with E-state index < -0.39 is 0 Å². The number of quaternary nitrogens is 1. The lowest BCUT2D eigenvalue weighted by molar-refractivity contribution is -0.846. The third-order valence-electron chi connectivity index (χ3n) is 1.43. The third-order valence-corrected chi connectivity index (χ3v) is 1.43. The number of piperidine rings is 1. The molecule has 8 heavy (non-hydrogen) atoms. The number of hydrogen-bond donors (Lipinski definition) is 1. The van der Waals surface area contributed by atoms with Crippen LogP contribution in [0.25, 0.3) is 0 Å². The minimum absolute atomic E-state index is 0.362. The van der Waals surface area contributed by atoms with Crippen molar-refractivity contribution in [2.45, 2.75) is 12.8 Å². The highest BCUT2D eigenvalue weighted by molar-refractivity contribution is 4.94. The van der Waals surface area contributed by atoms with Gasteiger partial charge in [0.25, 0.3) is 0 Å². The molecule has 0 amide bonds. The molecule has 0 radical (unpaired) electrons. The molecule has 1 saturated heterocycles. The summed E-state index contributed by atoms with van der Waals surface area (Å²) in [5.41, 5.74) is 1.11. The van der Waals surface area contributed by atoms with Gasteiger partial charge in [-0.2, -0.15) is 0 Å². The van der Waals surface area contributed by atoms with Crippen molar-refractivity contribution in [1.82, 2.24) is 0 Å². The zero-order valence-electron chi connectivity index (χ0n) is 4.94. The predicted octanol–water partition coefficient (Wildman–Crippen LogP) is -0.281. The highest BCUT2D eigenvalue weighted by Gasteiger charge is 2.07. The lowest BCUT2D eigenvalue weighted by Gasteiger charge is -2.27. The Kier molecular flexibility index (Phi) is 1.65. The van der Waals surface area contributed by atoms with Gasteiger partial charge in [-0.3, -0.25) is 0 Å². The summed E-state index contributed by atoms with van der Waals surface area (Å²) in [7, 11) is 0. The minimum atomic E-state index is 0.362. The molecule has 1 aliphatic heterocycles. The van der Waals surface area contributed by atoms with E-state index in [1.807, 2.05) is 0 Å². The molecule has 0 bridgehead atoms. The van der Waals surface area contributed by atoms with Crippen molar-refractivity contribution in [3.05, 3.63) is 17.4 Å². The smallest absolute Gasteiger partial charge is 0.0982 e. The molecule has 1 atom stereocenters. The SMILES string of the molecule is C=C1CCC[NH+]([O-])C1. The second-order valence-corrected chi connectivity index (χ2v) is 2.32. The van der Waals surface area contributed by atoms with Gasteiger partial charge in [0.15, 0.2) is 0 Å². The highest BCUT2D eigenvalue weighted by atomic mass is 16.5. The van der Waals surface area contributed by atoms with Crippen LogP contribution < -0.4 is 5.06 Å². The van der Waals surface area contributed by atoms with Crippen LogP contribution in [0.15, 0.2) is 12.2 Å². The van der Waals surface area contributed by atoms with Crippen molar-refractivity contribution in [3.63, 3.8) is 0 Å². The van der Waals surface area contributed by atoms with Crippen LogP contribution in [0.4, 0.5) is 0 Å². The van der Waals surface area contributed by atoms with E-state index in [0.29, 0.717) is 11.6 Å². The minimum Gasteiger partial charge on any atom is -0.634 e. The topological polar surface area (TPSA) is 27.5 Å². The van der Waals surface area contributed by atoms with E-state index in [1.165, 1.54) is 0 Å². The summed E-state index contributed by atoms with van der Waals surface area (Å²) in [4.78, 5) is 0. The predicted molar refractivity (Wildman–Crippen MR) is 32.4 cm³/mol. The normalized spacial score (nSPS) is 30.6. The first-order chi connectivity index (χ1) is 3.79. The van der Waals surface area contributed by atoms with Crippen molar-refractivity contribution in [3.8, 4) is 0 Å². The van der Waals surface area contributed by atoms with Gasteiger partial charge in [0.1, 0.15) is 0 Å². The maximum absolute atomic E-state index is 10.6. The molecule has 0 aliphatic carbocycles. The van der Waals surface area contributed by atoms with E-state index in [9.17, 15) is 5.21 Å². The Balaban J connectivity index is 2.34. The molecule has 0 spiro atoms. The summed E-state index contributed by atoms with van der Waals surface area (Å²) in [6.45, 7) is 5.16. The fourth-order valence-electron chi connectivity index (χ4n) is 0.991. The number of rotatable bonds is 0. The molecule has 1 heterocycles. The summed E-state index contributed by atoms with van der Waals surface area (Å²) >= 11 is 0. The molecule has 1 aliphatic rings. The summed E-state index contributed by atoms with van der Waals surface area (Å²) in [6, 6.07) is 0. The van der Waals surface area contributed by atoms with Gasteiger partial charge < -0.3 is 10.3 Å². The van der Waals surface area contributed by atoms with Crippen molar-refractivity contribution in [1.29, 1.82) is 0 Å². The average Bonchev–Trinajstić information content (AvgIpc) is 1.64. The fraction of sp³-hybridized carbons (Fsp3) is 0.667. The van der Waals surface area contributed by atoms with Crippen LogP contribution in [-0.4, -0.2) is 13.1 Å². The van der Waals surface area contributed by atoms with Gasteiger partial charge in [-0.15, -0.1) is 0 Å². The second kappa shape index (κ2) is 2.29. The average molecular weight is 113 g/mol. The largest absolute Gasteiger partial charge is 0.634 e. The van der Waals surface area contributed by atoms with Crippen molar-refractivity contribution >= 4 is 0 Å². The first kappa shape index (κ1) is 5.79. The zero-order valence-corrected chi connectivity index (χ0v) is 4.94. The molecule has 0 saturated carbocycles. The maximum Gasteiger partial charge on any atom is 0.0982 e. The van der Waals surface area contributed by atoms with Gasteiger partial charge >= 0.3 is 0 Å². The van der Waals surface area contributed by atoms with E-state index in [4.69, 9.17) is 0 Å². The molecule has 1 unspecified atom stereocenters. The molecule has 46 valence electrons. The third kappa shape index (κ3) is 1.32. The number of hydroxylamine groups is 2. The van der Waals surface area contributed by atoms with Crippen LogP contribution in [0.3, 0.4) is 0 Å². The van der Waals surface area contributed by atoms with Gasteiger partial charge in [-0.1, -0.05) is 6.58 Å². The Bertz CT molecular complexity index is 101. The molecule has 1 fully saturated rings. The quantitative estimate of drug-likeness (QED) is 0.339. The maximum atomic E-state index is 10.6. The van der Waals surface area contributed by atoms with Crippen LogP contribution in [-0.2, 0) is 0 Å². The van der Waals surface area contributed by atoms with Gasteiger partial charge in [0, 0.05) is 6.42 Å². The molecule has 0 aromatic carbocycles.